The van der Waals surface area contributed by atoms with Gasteiger partial charge < -0.3 is 10.2 Å². The predicted octanol–water partition coefficient (Wildman–Crippen LogP) is 1.73. The minimum absolute atomic E-state index is 0.0496. The summed E-state index contributed by atoms with van der Waals surface area (Å²) in [6.45, 7) is 0. The molecule has 1 unspecified atom stereocenters. The van der Waals surface area contributed by atoms with Gasteiger partial charge in [0.15, 0.2) is 9.84 Å². The number of anilines is 1. The topological polar surface area (TPSA) is 96.4 Å². The van der Waals surface area contributed by atoms with E-state index in [1.807, 2.05) is 0 Å². The third kappa shape index (κ3) is 4.48. The first-order valence-electron chi connectivity index (χ1n) is 8.26. The summed E-state index contributed by atoms with van der Waals surface area (Å²) in [4.78, 5) is 30.3. The number of carbonyl (C=O) groups excluding carboxylic acids is 2. The number of hydrogen-bond acceptors (Lipinski definition) is 5. The largest absolute Gasteiger partial charge is 0.336 e. The zero-order valence-corrected chi connectivity index (χ0v) is 15.4. The molecule has 9 heteroatoms. The van der Waals surface area contributed by atoms with Crippen LogP contribution in [0.3, 0.4) is 0 Å². The van der Waals surface area contributed by atoms with Gasteiger partial charge in [-0.05, 0) is 42.8 Å². The number of carbonyl (C=O) groups is 2. The number of aromatic nitrogens is 1. The van der Waals surface area contributed by atoms with Gasteiger partial charge in [0, 0.05) is 30.5 Å². The molecule has 0 spiro atoms. The van der Waals surface area contributed by atoms with Crippen molar-refractivity contribution in [1.29, 1.82) is 0 Å². The highest BCUT2D eigenvalue weighted by molar-refractivity contribution is 7.91. The van der Waals surface area contributed by atoms with Crippen molar-refractivity contribution in [2.24, 2.45) is 0 Å². The highest BCUT2D eigenvalue weighted by Gasteiger charge is 2.33. The molecule has 1 fully saturated rings. The van der Waals surface area contributed by atoms with Gasteiger partial charge in [-0.15, -0.1) is 0 Å². The van der Waals surface area contributed by atoms with Crippen LogP contribution in [0.5, 0.6) is 0 Å². The van der Waals surface area contributed by atoms with E-state index in [0.717, 1.165) is 0 Å². The molecule has 1 N–H and O–H groups in total. The Hall–Kier alpha value is -2.81. The number of nitrogens with zero attached hydrogens (tertiary/aromatic N) is 2. The SMILES string of the molecule is CN(C(=O)c1cc(C(=O)Nc2ccc(F)cc2)ccn1)C1CCS(=O)(=O)C1. The fraction of sp³-hybridized carbons (Fsp3) is 0.278. The Morgan fingerprint density at radius 3 is 2.56 bits per heavy atom. The summed E-state index contributed by atoms with van der Waals surface area (Å²) < 4.78 is 36.2. The van der Waals surface area contributed by atoms with Crippen LogP contribution < -0.4 is 5.32 Å². The number of rotatable bonds is 4. The Morgan fingerprint density at radius 1 is 1.22 bits per heavy atom. The lowest BCUT2D eigenvalue weighted by Crippen LogP contribution is -2.38. The molecule has 1 saturated heterocycles. The summed E-state index contributed by atoms with van der Waals surface area (Å²) in [5.41, 5.74) is 0.679. The Kier molecular flexibility index (Phi) is 5.22. The monoisotopic (exact) mass is 391 g/mol. The van der Waals surface area contributed by atoms with E-state index in [0.29, 0.717) is 12.1 Å². The van der Waals surface area contributed by atoms with Gasteiger partial charge in [0.05, 0.1) is 11.5 Å². The Morgan fingerprint density at radius 2 is 1.93 bits per heavy atom. The van der Waals surface area contributed by atoms with E-state index in [9.17, 15) is 22.4 Å². The molecule has 1 aromatic carbocycles. The normalized spacial score (nSPS) is 18.1. The second-order valence-electron chi connectivity index (χ2n) is 6.36. The van der Waals surface area contributed by atoms with Crippen LogP contribution in [0, 0.1) is 5.82 Å². The van der Waals surface area contributed by atoms with Crippen LogP contribution in [0.1, 0.15) is 27.3 Å². The smallest absolute Gasteiger partial charge is 0.272 e. The van der Waals surface area contributed by atoms with E-state index >= 15 is 0 Å². The first-order valence-corrected chi connectivity index (χ1v) is 10.1. The Balaban J connectivity index is 1.73. The molecule has 0 saturated carbocycles. The number of amides is 2. The van der Waals surface area contributed by atoms with Crippen LogP contribution in [0.25, 0.3) is 0 Å². The summed E-state index contributed by atoms with van der Waals surface area (Å²) in [6.07, 6.45) is 1.72. The summed E-state index contributed by atoms with van der Waals surface area (Å²) in [7, 11) is -1.59. The standard InChI is InChI=1S/C18H18FN3O4S/c1-22(15-7-9-27(25,26)11-15)18(24)16-10-12(6-8-20-16)17(23)21-14-4-2-13(19)3-5-14/h2-6,8,10,15H,7,9,11H2,1H3,(H,21,23). The second-order valence-corrected chi connectivity index (χ2v) is 8.59. The van der Waals surface area contributed by atoms with Crippen molar-refractivity contribution < 1.29 is 22.4 Å². The minimum atomic E-state index is -3.12. The Bertz CT molecular complexity index is 976. The average molecular weight is 391 g/mol. The lowest BCUT2D eigenvalue weighted by Gasteiger charge is -2.23. The fourth-order valence-electron chi connectivity index (χ4n) is 2.85. The third-order valence-electron chi connectivity index (χ3n) is 4.42. The van der Waals surface area contributed by atoms with E-state index in [-0.39, 0.29) is 22.8 Å². The van der Waals surface area contributed by atoms with E-state index < -0.39 is 33.5 Å². The van der Waals surface area contributed by atoms with Gasteiger partial charge in [-0.1, -0.05) is 0 Å². The fourth-order valence-corrected chi connectivity index (χ4v) is 4.63. The zero-order valence-electron chi connectivity index (χ0n) is 14.6. The molecule has 1 atom stereocenters. The van der Waals surface area contributed by atoms with E-state index in [4.69, 9.17) is 0 Å². The van der Waals surface area contributed by atoms with Crippen LogP contribution in [0.2, 0.25) is 0 Å². The number of halogens is 1. The molecule has 2 amide bonds. The van der Waals surface area contributed by atoms with Gasteiger partial charge in [0.1, 0.15) is 11.5 Å². The highest BCUT2D eigenvalue weighted by atomic mass is 32.2. The lowest BCUT2D eigenvalue weighted by molar-refractivity contribution is 0.0741. The first kappa shape index (κ1) is 19.0. The number of pyridine rings is 1. The molecule has 3 rings (SSSR count). The molecule has 0 aliphatic carbocycles. The highest BCUT2D eigenvalue weighted by Crippen LogP contribution is 2.18. The van der Waals surface area contributed by atoms with Gasteiger partial charge in [-0.3, -0.25) is 14.6 Å². The number of sulfone groups is 1. The van der Waals surface area contributed by atoms with Crippen molar-refractivity contribution >= 4 is 27.3 Å². The first-order chi connectivity index (χ1) is 12.7. The van der Waals surface area contributed by atoms with Crippen LogP contribution in [0.15, 0.2) is 42.6 Å². The molecule has 2 aromatic rings. The quantitative estimate of drug-likeness (QED) is 0.856. The van der Waals surface area contributed by atoms with Gasteiger partial charge in [-0.25, -0.2) is 12.8 Å². The molecule has 27 heavy (non-hydrogen) atoms. The molecule has 0 bridgehead atoms. The van der Waals surface area contributed by atoms with Crippen LogP contribution in [0.4, 0.5) is 10.1 Å². The number of nitrogens with one attached hydrogen (secondary N) is 1. The molecule has 2 heterocycles. The maximum absolute atomic E-state index is 12.9. The molecule has 142 valence electrons. The molecule has 0 radical (unpaired) electrons. The average Bonchev–Trinajstić information content (AvgIpc) is 3.02. The number of benzene rings is 1. The predicted molar refractivity (Wildman–Crippen MR) is 97.7 cm³/mol. The molecule has 1 aromatic heterocycles. The molecule has 1 aliphatic heterocycles. The van der Waals surface area contributed by atoms with Crippen molar-refractivity contribution in [3.8, 4) is 0 Å². The maximum Gasteiger partial charge on any atom is 0.272 e. The van der Waals surface area contributed by atoms with E-state index in [1.165, 1.54) is 54.5 Å². The third-order valence-corrected chi connectivity index (χ3v) is 6.17. The van der Waals surface area contributed by atoms with Gasteiger partial charge in [0.25, 0.3) is 11.8 Å². The van der Waals surface area contributed by atoms with Gasteiger partial charge in [-0.2, -0.15) is 0 Å². The summed E-state index contributed by atoms with van der Waals surface area (Å²) in [5.74, 6) is -1.34. The number of hydrogen-bond donors (Lipinski definition) is 1. The summed E-state index contributed by atoms with van der Waals surface area (Å²) in [6, 6.07) is 7.70. The summed E-state index contributed by atoms with van der Waals surface area (Å²) >= 11 is 0. The second kappa shape index (κ2) is 7.43. The van der Waals surface area contributed by atoms with Crippen molar-refractivity contribution in [2.45, 2.75) is 12.5 Å². The molecular weight excluding hydrogens is 373 g/mol. The van der Waals surface area contributed by atoms with E-state index in [2.05, 4.69) is 10.3 Å². The van der Waals surface area contributed by atoms with Crippen LogP contribution in [-0.4, -0.2) is 54.7 Å². The van der Waals surface area contributed by atoms with Gasteiger partial charge in [0.2, 0.25) is 0 Å². The molecular formula is C18H18FN3O4S. The summed E-state index contributed by atoms with van der Waals surface area (Å²) in [5, 5.41) is 2.61. The van der Waals surface area contributed by atoms with Crippen molar-refractivity contribution in [3.63, 3.8) is 0 Å². The van der Waals surface area contributed by atoms with Gasteiger partial charge >= 0.3 is 0 Å². The lowest BCUT2D eigenvalue weighted by atomic mass is 10.1. The molecule has 7 nitrogen and oxygen atoms in total. The van der Waals surface area contributed by atoms with Crippen LogP contribution in [-0.2, 0) is 9.84 Å². The van der Waals surface area contributed by atoms with Crippen molar-refractivity contribution in [1.82, 2.24) is 9.88 Å². The zero-order chi connectivity index (χ0) is 19.6. The molecule has 1 aliphatic rings. The Labute approximate surface area is 156 Å². The van der Waals surface area contributed by atoms with Crippen LogP contribution >= 0.6 is 0 Å². The minimum Gasteiger partial charge on any atom is -0.336 e. The van der Waals surface area contributed by atoms with Crippen molar-refractivity contribution in [2.75, 3.05) is 23.9 Å². The van der Waals surface area contributed by atoms with Crippen molar-refractivity contribution in [3.05, 3.63) is 59.7 Å². The maximum atomic E-state index is 12.9. The van der Waals surface area contributed by atoms with E-state index in [1.54, 1.807) is 0 Å².